The normalized spacial score (nSPS) is 13.8. The van der Waals surface area contributed by atoms with Crippen LogP contribution >= 0.6 is 23.5 Å². The summed E-state index contributed by atoms with van der Waals surface area (Å²) in [4.78, 5) is 34.6. The Hall–Kier alpha value is -2.19. The summed E-state index contributed by atoms with van der Waals surface area (Å²) in [6.07, 6.45) is -0.328. The van der Waals surface area contributed by atoms with Crippen LogP contribution in [0.5, 0.6) is 0 Å². The average molecular weight is 484 g/mol. The van der Waals surface area contributed by atoms with Crippen LogP contribution in [0.1, 0.15) is 12.5 Å². The molecule has 2 aromatic rings. The molecule has 2 unspecified atom stereocenters. The number of nitrogens with one attached hydrogen (secondary N) is 3. The second-order valence-electron chi connectivity index (χ2n) is 6.10. The minimum absolute atomic E-state index is 0.0466. The first-order valence-corrected chi connectivity index (χ1v) is 11.5. The highest BCUT2D eigenvalue weighted by Gasteiger charge is 2.25. The summed E-state index contributed by atoms with van der Waals surface area (Å²) in [5.74, 6) is -0.589. The molecule has 0 bridgehead atoms. The van der Waals surface area contributed by atoms with Crippen molar-refractivity contribution in [2.75, 3.05) is 18.2 Å². The van der Waals surface area contributed by atoms with E-state index < -0.39 is 31.9 Å². The van der Waals surface area contributed by atoms with Gasteiger partial charge in [-0.3, -0.25) is 9.36 Å². The number of halogens is 1. The van der Waals surface area contributed by atoms with Gasteiger partial charge < -0.3 is 25.4 Å². The molecule has 0 saturated heterocycles. The number of anilines is 1. The molecule has 2 atom stereocenters. The van der Waals surface area contributed by atoms with Crippen molar-refractivity contribution in [2.24, 2.45) is 0 Å². The fourth-order valence-corrected chi connectivity index (χ4v) is 3.58. The van der Waals surface area contributed by atoms with Crippen molar-refractivity contribution >= 4 is 41.2 Å². The van der Waals surface area contributed by atoms with E-state index >= 15 is 0 Å². The Labute approximate surface area is 177 Å². The quantitative estimate of drug-likeness (QED) is 0.407. The molecule has 4 N–H and O–H groups in total. The van der Waals surface area contributed by atoms with Crippen LogP contribution in [0.25, 0.3) is 0 Å². The number of urea groups is 1. The molecule has 2 aromatic carbocycles. The van der Waals surface area contributed by atoms with Gasteiger partial charge in [-0.15, -0.1) is 0 Å². The zero-order chi connectivity index (χ0) is 21.3. The van der Waals surface area contributed by atoms with Crippen LogP contribution in [0.3, 0.4) is 0 Å². The van der Waals surface area contributed by atoms with Gasteiger partial charge in [0.25, 0.3) is 0 Å². The zero-order valence-corrected chi connectivity index (χ0v) is 18.3. The lowest BCUT2D eigenvalue weighted by atomic mass is 10.1. The van der Waals surface area contributed by atoms with E-state index in [4.69, 9.17) is 4.52 Å². The molecule has 10 heteroatoms. The van der Waals surface area contributed by atoms with Gasteiger partial charge >= 0.3 is 13.6 Å². The lowest BCUT2D eigenvalue weighted by molar-refractivity contribution is -0.122. The van der Waals surface area contributed by atoms with Gasteiger partial charge in [0.05, 0.1) is 6.61 Å². The molecule has 0 aliphatic rings. The standard InChI is InChI=1S/C19H23BrN3O5P/c1-2-28-29(26,27)13-21-18(24)17(12-14-6-4-3-5-7-14)23-19(25)22-16-10-8-15(20)9-11-16/h3-11,17H,2,12-13H2,1H3,(H,21,24)(H,26,27)(H2,22,23,25). The van der Waals surface area contributed by atoms with Crippen molar-refractivity contribution in [3.05, 3.63) is 64.6 Å². The monoisotopic (exact) mass is 483 g/mol. The van der Waals surface area contributed by atoms with Crippen molar-refractivity contribution in [3.63, 3.8) is 0 Å². The third kappa shape index (κ3) is 8.37. The topological polar surface area (TPSA) is 117 Å². The number of carbonyl (C=O) groups excluding carboxylic acids is 2. The highest BCUT2D eigenvalue weighted by molar-refractivity contribution is 9.10. The molecule has 0 aromatic heterocycles. The second-order valence-corrected chi connectivity index (χ2v) is 8.87. The van der Waals surface area contributed by atoms with Gasteiger partial charge in [-0.2, -0.15) is 0 Å². The summed E-state index contributed by atoms with van der Waals surface area (Å²) < 4.78 is 17.4. The summed E-state index contributed by atoms with van der Waals surface area (Å²) in [5, 5.41) is 7.64. The molecule has 0 heterocycles. The number of benzene rings is 2. The molecule has 0 fully saturated rings. The fraction of sp³-hybridized carbons (Fsp3) is 0.263. The molecule has 0 radical (unpaired) electrons. The molecule has 0 aliphatic heterocycles. The van der Waals surface area contributed by atoms with E-state index in [1.807, 2.05) is 30.3 Å². The van der Waals surface area contributed by atoms with Crippen molar-refractivity contribution in [1.82, 2.24) is 10.6 Å². The van der Waals surface area contributed by atoms with E-state index in [0.29, 0.717) is 5.69 Å². The minimum atomic E-state index is -3.93. The van der Waals surface area contributed by atoms with E-state index in [1.54, 1.807) is 31.2 Å². The number of hydrogen-bond acceptors (Lipinski definition) is 4. The minimum Gasteiger partial charge on any atom is -0.343 e. The van der Waals surface area contributed by atoms with Gasteiger partial charge in [0.1, 0.15) is 12.3 Å². The Balaban J connectivity index is 2.05. The molecule has 2 rings (SSSR count). The van der Waals surface area contributed by atoms with E-state index in [0.717, 1.165) is 10.0 Å². The zero-order valence-electron chi connectivity index (χ0n) is 15.8. The predicted molar refractivity (Wildman–Crippen MR) is 115 cm³/mol. The molecular formula is C19H23BrN3O5P. The molecule has 0 aliphatic carbocycles. The van der Waals surface area contributed by atoms with Crippen LogP contribution in [-0.2, 0) is 20.3 Å². The summed E-state index contributed by atoms with van der Waals surface area (Å²) >= 11 is 3.32. The SMILES string of the molecule is CCOP(=O)(O)CNC(=O)C(Cc1ccccc1)NC(=O)Nc1ccc(Br)cc1. The molecular weight excluding hydrogens is 461 g/mol. The van der Waals surface area contributed by atoms with Crippen LogP contribution < -0.4 is 16.0 Å². The van der Waals surface area contributed by atoms with Crippen molar-refractivity contribution in [2.45, 2.75) is 19.4 Å². The van der Waals surface area contributed by atoms with Crippen LogP contribution in [0, 0.1) is 0 Å². The highest BCUT2D eigenvalue weighted by atomic mass is 79.9. The Kier molecular flexibility index (Phi) is 8.85. The Bertz CT molecular complexity index is 864. The number of carbonyl (C=O) groups is 2. The van der Waals surface area contributed by atoms with E-state index in [2.05, 4.69) is 31.9 Å². The molecule has 0 spiro atoms. The second kappa shape index (κ2) is 11.1. The van der Waals surface area contributed by atoms with E-state index in [-0.39, 0.29) is 13.0 Å². The summed E-state index contributed by atoms with van der Waals surface area (Å²) in [7, 11) is -3.93. The van der Waals surface area contributed by atoms with Crippen LogP contribution in [0.2, 0.25) is 0 Å². The third-order valence-electron chi connectivity index (χ3n) is 3.79. The van der Waals surface area contributed by atoms with E-state index in [9.17, 15) is 19.0 Å². The summed E-state index contributed by atoms with van der Waals surface area (Å²) in [6.45, 7) is 1.63. The van der Waals surface area contributed by atoms with Gasteiger partial charge in [0, 0.05) is 16.6 Å². The molecule has 8 nitrogen and oxygen atoms in total. The smallest absolute Gasteiger partial charge is 0.343 e. The van der Waals surface area contributed by atoms with Gasteiger partial charge in [-0.05, 0) is 36.8 Å². The average Bonchev–Trinajstić information content (AvgIpc) is 2.68. The molecule has 3 amide bonds. The van der Waals surface area contributed by atoms with E-state index in [1.165, 1.54) is 0 Å². The van der Waals surface area contributed by atoms with Gasteiger partial charge in [-0.1, -0.05) is 46.3 Å². The lowest BCUT2D eigenvalue weighted by Gasteiger charge is -2.20. The fourth-order valence-electron chi connectivity index (χ4n) is 2.47. The number of rotatable bonds is 9. The maximum atomic E-state index is 12.6. The van der Waals surface area contributed by atoms with Gasteiger partial charge in [0.15, 0.2) is 0 Å². The first kappa shape index (κ1) is 23.1. The highest BCUT2D eigenvalue weighted by Crippen LogP contribution is 2.39. The number of hydrogen-bond donors (Lipinski definition) is 4. The Morgan fingerprint density at radius 2 is 1.79 bits per heavy atom. The predicted octanol–water partition coefficient (Wildman–Crippen LogP) is 3.48. The lowest BCUT2D eigenvalue weighted by Crippen LogP contribution is -2.49. The summed E-state index contributed by atoms with van der Waals surface area (Å²) in [6, 6.07) is 14.6. The van der Waals surface area contributed by atoms with Gasteiger partial charge in [0.2, 0.25) is 5.91 Å². The third-order valence-corrected chi connectivity index (χ3v) is 5.54. The van der Waals surface area contributed by atoms with Crippen LogP contribution in [0.4, 0.5) is 10.5 Å². The first-order chi connectivity index (χ1) is 13.8. The molecule has 156 valence electrons. The van der Waals surface area contributed by atoms with Crippen molar-refractivity contribution < 1.29 is 23.6 Å². The molecule has 0 saturated carbocycles. The van der Waals surface area contributed by atoms with Crippen molar-refractivity contribution in [3.8, 4) is 0 Å². The van der Waals surface area contributed by atoms with Gasteiger partial charge in [-0.25, -0.2) is 4.79 Å². The number of amides is 3. The Morgan fingerprint density at radius 1 is 1.14 bits per heavy atom. The first-order valence-electron chi connectivity index (χ1n) is 8.90. The van der Waals surface area contributed by atoms with Crippen molar-refractivity contribution in [1.29, 1.82) is 0 Å². The Morgan fingerprint density at radius 3 is 2.41 bits per heavy atom. The van der Waals surface area contributed by atoms with Crippen LogP contribution in [0.15, 0.2) is 59.1 Å². The maximum absolute atomic E-state index is 12.6. The van der Waals surface area contributed by atoms with Crippen LogP contribution in [-0.4, -0.2) is 35.8 Å². The largest absolute Gasteiger partial charge is 0.347 e. The summed E-state index contributed by atoms with van der Waals surface area (Å²) in [5.41, 5.74) is 1.38. The maximum Gasteiger partial charge on any atom is 0.347 e. The molecule has 29 heavy (non-hydrogen) atoms.